The van der Waals surface area contributed by atoms with E-state index >= 15 is 0 Å². The Morgan fingerprint density at radius 3 is 2.29 bits per heavy atom. The Morgan fingerprint density at radius 2 is 1.71 bits per heavy atom. The van der Waals surface area contributed by atoms with E-state index in [-0.39, 0.29) is 0 Å². The van der Waals surface area contributed by atoms with E-state index in [4.69, 9.17) is 0 Å². The Balaban J connectivity index is 1.42. The van der Waals surface area contributed by atoms with Crippen LogP contribution in [0.5, 0.6) is 0 Å². The van der Waals surface area contributed by atoms with Crippen LogP contribution in [0.2, 0.25) is 0 Å². The molecule has 98 valence electrons. The molecule has 0 aromatic heterocycles. The van der Waals surface area contributed by atoms with Gasteiger partial charge < -0.3 is 0 Å². The summed E-state index contributed by atoms with van der Waals surface area (Å²) in [4.78, 5) is 0. The molecule has 4 atom stereocenters. The van der Waals surface area contributed by atoms with Crippen LogP contribution in [0.3, 0.4) is 0 Å². The summed E-state index contributed by atoms with van der Waals surface area (Å²) in [7, 11) is 0. The monoisotopic (exact) mass is 234 g/mol. The maximum atomic E-state index is 2.52. The fraction of sp³-hybridized carbons (Fsp3) is 1.00. The lowest BCUT2D eigenvalue weighted by Gasteiger charge is -2.20. The number of rotatable bonds is 5. The molecular weight excluding hydrogens is 204 g/mol. The average molecular weight is 234 g/mol. The summed E-state index contributed by atoms with van der Waals surface area (Å²) in [6.07, 6.45) is 13.8. The van der Waals surface area contributed by atoms with Gasteiger partial charge in [0.15, 0.2) is 0 Å². The van der Waals surface area contributed by atoms with E-state index in [0.29, 0.717) is 0 Å². The molecule has 0 aromatic carbocycles. The van der Waals surface area contributed by atoms with Gasteiger partial charge in [-0.3, -0.25) is 0 Å². The summed E-state index contributed by atoms with van der Waals surface area (Å²) in [6, 6.07) is 0. The van der Waals surface area contributed by atoms with Crippen molar-refractivity contribution < 1.29 is 0 Å². The Morgan fingerprint density at radius 1 is 0.941 bits per heavy atom. The van der Waals surface area contributed by atoms with Crippen LogP contribution in [0.1, 0.15) is 71.6 Å². The van der Waals surface area contributed by atoms with Crippen molar-refractivity contribution in [2.75, 3.05) is 0 Å². The van der Waals surface area contributed by atoms with E-state index in [1.807, 2.05) is 0 Å². The van der Waals surface area contributed by atoms with Gasteiger partial charge in [0, 0.05) is 0 Å². The maximum absolute atomic E-state index is 2.52. The minimum absolute atomic E-state index is 1.06. The van der Waals surface area contributed by atoms with Crippen molar-refractivity contribution in [1.29, 1.82) is 0 Å². The standard InChI is InChI=1S/C17H30/c1-3-4-5-8-13-10-15-16(11-13)17(15)14-9-6-7-12(14)2/h12-17H,3-11H2,1-2H3. The highest BCUT2D eigenvalue weighted by Crippen LogP contribution is 2.66. The van der Waals surface area contributed by atoms with Gasteiger partial charge in [-0.1, -0.05) is 52.4 Å². The molecule has 3 aliphatic rings. The van der Waals surface area contributed by atoms with Crippen molar-refractivity contribution in [3.8, 4) is 0 Å². The normalized spacial score (nSPS) is 48.4. The third kappa shape index (κ3) is 2.29. The van der Waals surface area contributed by atoms with Gasteiger partial charge in [-0.2, -0.15) is 0 Å². The van der Waals surface area contributed by atoms with Gasteiger partial charge in [-0.25, -0.2) is 0 Å². The summed E-state index contributed by atoms with van der Waals surface area (Å²) in [5.41, 5.74) is 0. The van der Waals surface area contributed by atoms with Crippen LogP contribution >= 0.6 is 0 Å². The highest BCUT2D eigenvalue weighted by molar-refractivity contribution is 5.07. The third-order valence-electron chi connectivity index (χ3n) is 6.25. The SMILES string of the molecule is CCCCCC1CC2C(C1)C2C1CCCC1C. The molecule has 17 heavy (non-hydrogen) atoms. The number of hydrogen-bond acceptors (Lipinski definition) is 0. The first kappa shape index (κ1) is 12.1. The lowest BCUT2D eigenvalue weighted by molar-refractivity contribution is 0.294. The number of fused-ring (bicyclic) bond motifs is 1. The Labute approximate surface area is 108 Å². The van der Waals surface area contributed by atoms with Crippen LogP contribution in [-0.4, -0.2) is 0 Å². The number of unbranched alkanes of at least 4 members (excludes halogenated alkanes) is 2. The predicted molar refractivity (Wildman–Crippen MR) is 73.8 cm³/mol. The van der Waals surface area contributed by atoms with Gasteiger partial charge in [0.2, 0.25) is 0 Å². The van der Waals surface area contributed by atoms with Gasteiger partial charge in [-0.05, 0) is 54.8 Å². The molecule has 0 saturated heterocycles. The zero-order valence-corrected chi connectivity index (χ0v) is 11.8. The maximum Gasteiger partial charge on any atom is -0.0321 e. The first-order valence-corrected chi connectivity index (χ1v) is 8.31. The van der Waals surface area contributed by atoms with Crippen molar-refractivity contribution >= 4 is 0 Å². The highest BCUT2D eigenvalue weighted by Gasteiger charge is 2.59. The molecule has 0 heteroatoms. The van der Waals surface area contributed by atoms with Crippen LogP contribution in [0, 0.1) is 35.5 Å². The fourth-order valence-electron chi connectivity index (χ4n) is 5.30. The van der Waals surface area contributed by atoms with Crippen LogP contribution in [0.4, 0.5) is 0 Å². The van der Waals surface area contributed by atoms with Crippen LogP contribution in [0.15, 0.2) is 0 Å². The second-order valence-electron chi connectivity index (χ2n) is 7.31. The van der Waals surface area contributed by atoms with E-state index in [9.17, 15) is 0 Å². The van der Waals surface area contributed by atoms with Crippen LogP contribution < -0.4 is 0 Å². The predicted octanol–water partition coefficient (Wildman–Crippen LogP) is 5.28. The molecule has 4 unspecified atom stereocenters. The summed E-state index contributed by atoms with van der Waals surface area (Å²) in [5, 5.41) is 0. The number of hydrogen-bond donors (Lipinski definition) is 0. The molecule has 0 aliphatic heterocycles. The minimum atomic E-state index is 1.06. The van der Waals surface area contributed by atoms with Gasteiger partial charge in [-0.15, -0.1) is 0 Å². The molecular formula is C17H30. The van der Waals surface area contributed by atoms with Crippen LogP contribution in [0.25, 0.3) is 0 Å². The first-order chi connectivity index (χ1) is 8.31. The zero-order valence-electron chi connectivity index (χ0n) is 11.8. The molecule has 0 nitrogen and oxygen atoms in total. The third-order valence-corrected chi connectivity index (χ3v) is 6.25. The lowest BCUT2D eigenvalue weighted by atomic mass is 9.85. The van der Waals surface area contributed by atoms with E-state index in [0.717, 1.165) is 17.8 Å². The topological polar surface area (TPSA) is 0 Å². The molecule has 3 saturated carbocycles. The zero-order chi connectivity index (χ0) is 11.8. The van der Waals surface area contributed by atoms with E-state index in [2.05, 4.69) is 13.8 Å². The first-order valence-electron chi connectivity index (χ1n) is 8.31. The van der Waals surface area contributed by atoms with E-state index in [1.165, 1.54) is 49.9 Å². The fourth-order valence-corrected chi connectivity index (χ4v) is 5.30. The van der Waals surface area contributed by atoms with Crippen molar-refractivity contribution in [3.05, 3.63) is 0 Å². The van der Waals surface area contributed by atoms with E-state index in [1.54, 1.807) is 25.7 Å². The van der Waals surface area contributed by atoms with Gasteiger partial charge in [0.05, 0.1) is 0 Å². The van der Waals surface area contributed by atoms with Crippen molar-refractivity contribution in [1.82, 2.24) is 0 Å². The van der Waals surface area contributed by atoms with Crippen LogP contribution in [-0.2, 0) is 0 Å². The molecule has 3 aliphatic carbocycles. The summed E-state index contributed by atoms with van der Waals surface area (Å²) in [6.45, 7) is 4.84. The largest absolute Gasteiger partial charge is 0.0654 e. The molecule has 0 radical (unpaired) electrons. The Bertz CT molecular complexity index is 245. The van der Waals surface area contributed by atoms with Crippen molar-refractivity contribution in [2.45, 2.75) is 71.6 Å². The quantitative estimate of drug-likeness (QED) is 0.568. The Hall–Kier alpha value is 0. The lowest BCUT2D eigenvalue weighted by Crippen LogP contribution is -2.12. The minimum Gasteiger partial charge on any atom is -0.0654 e. The molecule has 3 fully saturated rings. The molecule has 0 amide bonds. The Kier molecular flexibility index (Phi) is 3.50. The second-order valence-corrected chi connectivity index (χ2v) is 7.31. The van der Waals surface area contributed by atoms with E-state index < -0.39 is 0 Å². The molecule has 0 N–H and O–H groups in total. The molecule has 0 heterocycles. The molecule has 3 rings (SSSR count). The highest BCUT2D eigenvalue weighted by atomic mass is 14.6. The molecule has 0 spiro atoms. The smallest absolute Gasteiger partial charge is 0.0321 e. The average Bonchev–Trinajstić information content (AvgIpc) is 2.68. The summed E-state index contributed by atoms with van der Waals surface area (Å²) >= 11 is 0. The summed E-state index contributed by atoms with van der Waals surface area (Å²) in [5.74, 6) is 6.89. The van der Waals surface area contributed by atoms with Crippen molar-refractivity contribution in [2.24, 2.45) is 35.5 Å². The molecule has 0 aromatic rings. The van der Waals surface area contributed by atoms with Crippen molar-refractivity contribution in [3.63, 3.8) is 0 Å². The van der Waals surface area contributed by atoms with Gasteiger partial charge >= 0.3 is 0 Å². The summed E-state index contributed by atoms with van der Waals surface area (Å²) < 4.78 is 0. The second kappa shape index (κ2) is 4.94. The van der Waals surface area contributed by atoms with Gasteiger partial charge in [0.25, 0.3) is 0 Å². The van der Waals surface area contributed by atoms with Gasteiger partial charge in [0.1, 0.15) is 0 Å². The molecule has 0 bridgehead atoms.